The summed E-state index contributed by atoms with van der Waals surface area (Å²) in [7, 11) is 0. The first-order chi connectivity index (χ1) is 15.3. The quantitative estimate of drug-likeness (QED) is 0.708. The second kappa shape index (κ2) is 7.69. The van der Waals surface area contributed by atoms with E-state index in [1.165, 1.54) is 10.8 Å². The van der Waals surface area contributed by atoms with Crippen LogP contribution in [0, 0.1) is 17.2 Å². The lowest BCUT2D eigenvalue weighted by atomic mass is 9.89. The number of nitrogen functional groups attached to an aromatic ring is 1. The molecule has 1 saturated carbocycles. The minimum absolute atomic E-state index is 0.0141. The number of aromatic nitrogens is 3. The molecule has 0 bridgehead atoms. The first-order valence-electron chi connectivity index (χ1n) is 11.0. The fraction of sp³-hybridized carbons (Fsp3) is 0.636. The summed E-state index contributed by atoms with van der Waals surface area (Å²) in [5.41, 5.74) is 5.47. The number of rotatable bonds is 4. The Balaban J connectivity index is 1.45. The molecule has 2 aliphatic heterocycles. The zero-order chi connectivity index (χ0) is 22.5. The molecule has 0 radical (unpaired) electrons. The topological polar surface area (TPSA) is 134 Å². The van der Waals surface area contributed by atoms with Crippen LogP contribution in [0.5, 0.6) is 0 Å². The van der Waals surface area contributed by atoms with Crippen LogP contribution in [0.1, 0.15) is 51.6 Å². The molecule has 3 fully saturated rings. The fourth-order valence-electron chi connectivity index (χ4n) is 5.08. The van der Waals surface area contributed by atoms with E-state index in [2.05, 4.69) is 16.2 Å². The van der Waals surface area contributed by atoms with Gasteiger partial charge in [0.15, 0.2) is 11.6 Å². The van der Waals surface area contributed by atoms with E-state index < -0.39 is 29.7 Å². The Morgan fingerprint density at radius 2 is 2.06 bits per heavy atom. The van der Waals surface area contributed by atoms with Crippen LogP contribution in [0.3, 0.4) is 0 Å². The van der Waals surface area contributed by atoms with Crippen molar-refractivity contribution in [2.75, 3.05) is 12.3 Å². The molecule has 0 unspecified atom stereocenters. The Morgan fingerprint density at radius 1 is 1.28 bits per heavy atom. The average molecular weight is 441 g/mol. The van der Waals surface area contributed by atoms with Gasteiger partial charge in [-0.05, 0) is 38.8 Å². The van der Waals surface area contributed by atoms with Gasteiger partial charge in [-0.1, -0.05) is 19.3 Å². The number of hydrogen-bond acceptors (Lipinski definition) is 9. The van der Waals surface area contributed by atoms with Gasteiger partial charge in [-0.2, -0.15) is 10.4 Å². The Labute approximate surface area is 185 Å². The molecule has 3 aliphatic rings. The summed E-state index contributed by atoms with van der Waals surface area (Å²) in [5, 5.41) is 14.6. The number of nitrogens with two attached hydrogens (primary N) is 1. The highest BCUT2D eigenvalue weighted by molar-refractivity contribution is 5.72. The highest BCUT2D eigenvalue weighted by Gasteiger charge is 2.65. The molecule has 1 aliphatic carbocycles. The number of esters is 1. The highest BCUT2D eigenvalue weighted by Crippen LogP contribution is 2.49. The molecule has 0 spiro atoms. The Bertz CT molecular complexity index is 1070. The first kappa shape index (κ1) is 21.1. The first-order valence-corrected chi connectivity index (χ1v) is 11.0. The molecule has 2 saturated heterocycles. The van der Waals surface area contributed by atoms with Crippen LogP contribution in [-0.2, 0) is 29.3 Å². The van der Waals surface area contributed by atoms with E-state index in [1.54, 1.807) is 26.0 Å². The lowest BCUT2D eigenvalue weighted by Crippen LogP contribution is -2.40. The summed E-state index contributed by atoms with van der Waals surface area (Å²) >= 11 is 0. The maximum absolute atomic E-state index is 12.6. The van der Waals surface area contributed by atoms with E-state index in [9.17, 15) is 10.1 Å². The second-order valence-electron chi connectivity index (χ2n) is 9.15. The maximum Gasteiger partial charge on any atom is 0.309 e. The van der Waals surface area contributed by atoms with E-state index in [0.717, 1.165) is 32.1 Å². The summed E-state index contributed by atoms with van der Waals surface area (Å²) in [5.74, 6) is -0.927. The summed E-state index contributed by atoms with van der Waals surface area (Å²) in [4.78, 5) is 16.6. The van der Waals surface area contributed by atoms with E-state index in [-0.39, 0.29) is 24.3 Å². The third-order valence-electron chi connectivity index (χ3n) is 6.59. The lowest BCUT2D eigenvalue weighted by Gasteiger charge is -2.29. The number of nitriles is 1. The minimum atomic E-state index is -1.52. The van der Waals surface area contributed by atoms with Crippen molar-refractivity contribution >= 4 is 17.3 Å². The van der Waals surface area contributed by atoms with Gasteiger partial charge >= 0.3 is 5.97 Å². The zero-order valence-electron chi connectivity index (χ0n) is 18.2. The standard InChI is InChI=1S/C22H27N5O5/c1-21(2)31-17-15(10-29-20(28)13-6-4-3-5-7-13)30-22(11-23,18(17)32-21)16-9-8-14-19(24)25-12-26-27(14)16/h8-9,12-13,15,17-18H,3-7,10H2,1-2H3,(H2,24,25,26)/t15-,17-,18-,22+/m1/s1. The van der Waals surface area contributed by atoms with E-state index >= 15 is 0 Å². The normalized spacial score (nSPS) is 32.0. The van der Waals surface area contributed by atoms with Gasteiger partial charge in [0.1, 0.15) is 42.8 Å². The van der Waals surface area contributed by atoms with Crippen LogP contribution < -0.4 is 5.73 Å². The molecule has 4 heterocycles. The number of anilines is 1. The van der Waals surface area contributed by atoms with Gasteiger partial charge in [-0.15, -0.1) is 0 Å². The van der Waals surface area contributed by atoms with Gasteiger partial charge in [0.25, 0.3) is 0 Å². The van der Waals surface area contributed by atoms with Crippen LogP contribution in [0.2, 0.25) is 0 Å². The molecule has 0 amide bonds. The van der Waals surface area contributed by atoms with Gasteiger partial charge in [0.05, 0.1) is 11.6 Å². The number of hydrogen-bond donors (Lipinski definition) is 1. The number of nitrogens with zero attached hydrogens (tertiary/aromatic N) is 4. The van der Waals surface area contributed by atoms with Crippen molar-refractivity contribution in [1.82, 2.24) is 14.6 Å². The lowest BCUT2D eigenvalue weighted by molar-refractivity contribution is -0.207. The molecule has 2 aromatic heterocycles. The summed E-state index contributed by atoms with van der Waals surface area (Å²) < 4.78 is 25.7. The largest absolute Gasteiger partial charge is 0.463 e. The third-order valence-corrected chi connectivity index (χ3v) is 6.59. The predicted molar refractivity (Wildman–Crippen MR) is 111 cm³/mol. The number of carbonyl (C=O) groups excluding carboxylic acids is 1. The highest BCUT2D eigenvalue weighted by atomic mass is 16.8. The van der Waals surface area contributed by atoms with Crippen LogP contribution >= 0.6 is 0 Å². The van der Waals surface area contributed by atoms with Crippen molar-refractivity contribution in [3.05, 3.63) is 24.2 Å². The van der Waals surface area contributed by atoms with Crippen molar-refractivity contribution in [2.45, 2.75) is 75.7 Å². The molecule has 2 aromatic rings. The molecule has 10 nitrogen and oxygen atoms in total. The molecular weight excluding hydrogens is 414 g/mol. The molecular formula is C22H27N5O5. The summed E-state index contributed by atoms with van der Waals surface area (Å²) in [6.45, 7) is 3.56. The van der Waals surface area contributed by atoms with Crippen molar-refractivity contribution in [3.63, 3.8) is 0 Å². The van der Waals surface area contributed by atoms with Crippen molar-refractivity contribution in [2.24, 2.45) is 5.92 Å². The Kier molecular flexibility index (Phi) is 5.08. The van der Waals surface area contributed by atoms with Gasteiger partial charge in [0.2, 0.25) is 5.60 Å². The van der Waals surface area contributed by atoms with Crippen molar-refractivity contribution < 1.29 is 23.7 Å². The molecule has 10 heteroatoms. The minimum Gasteiger partial charge on any atom is -0.463 e. The van der Waals surface area contributed by atoms with Crippen LogP contribution in [0.25, 0.3) is 5.52 Å². The van der Waals surface area contributed by atoms with Gasteiger partial charge in [-0.3, -0.25) is 4.79 Å². The summed E-state index contributed by atoms with van der Waals surface area (Å²) in [6.07, 6.45) is 4.26. The molecule has 0 aromatic carbocycles. The van der Waals surface area contributed by atoms with Crippen LogP contribution in [0.15, 0.2) is 18.5 Å². The Morgan fingerprint density at radius 3 is 2.81 bits per heavy atom. The van der Waals surface area contributed by atoms with Crippen LogP contribution in [-0.4, -0.2) is 51.3 Å². The molecule has 4 atom stereocenters. The number of carbonyl (C=O) groups is 1. The third kappa shape index (κ3) is 3.32. The molecule has 5 rings (SSSR count). The fourth-order valence-corrected chi connectivity index (χ4v) is 5.08. The van der Waals surface area contributed by atoms with Crippen LogP contribution in [0.4, 0.5) is 5.82 Å². The molecule has 32 heavy (non-hydrogen) atoms. The maximum atomic E-state index is 12.6. The zero-order valence-corrected chi connectivity index (χ0v) is 18.2. The van der Waals surface area contributed by atoms with Gasteiger partial charge in [0, 0.05) is 0 Å². The van der Waals surface area contributed by atoms with Crippen molar-refractivity contribution in [3.8, 4) is 6.07 Å². The monoisotopic (exact) mass is 441 g/mol. The van der Waals surface area contributed by atoms with Crippen molar-refractivity contribution in [1.29, 1.82) is 5.26 Å². The van der Waals surface area contributed by atoms with E-state index in [0.29, 0.717) is 11.2 Å². The second-order valence-corrected chi connectivity index (χ2v) is 9.15. The van der Waals surface area contributed by atoms with Gasteiger partial charge in [-0.25, -0.2) is 9.50 Å². The average Bonchev–Trinajstić information content (AvgIpc) is 3.44. The summed E-state index contributed by atoms with van der Waals surface area (Å²) in [6, 6.07) is 5.76. The predicted octanol–water partition coefficient (Wildman–Crippen LogP) is 2.07. The number of fused-ring (bicyclic) bond motifs is 2. The van der Waals surface area contributed by atoms with Gasteiger partial charge < -0.3 is 24.7 Å². The smallest absolute Gasteiger partial charge is 0.309 e. The molecule has 170 valence electrons. The Hall–Kier alpha value is -2.74. The molecule has 2 N–H and O–H groups in total. The number of ether oxygens (including phenoxy) is 4. The SMILES string of the molecule is CC1(C)O[C@H]2[C@@H](O1)[C@](C#N)(c1ccc3c(N)ncnn13)O[C@@H]2COC(=O)C1CCCCC1. The van der Waals surface area contributed by atoms with E-state index in [1.807, 2.05) is 0 Å². The van der Waals surface area contributed by atoms with E-state index in [4.69, 9.17) is 24.7 Å².